The minimum atomic E-state index is -0.706. The Hall–Kier alpha value is -2.25. The van der Waals surface area contributed by atoms with Gasteiger partial charge in [0.1, 0.15) is 0 Å². The largest absolute Gasteiger partial charge is 0.387 e. The first kappa shape index (κ1) is 15.1. The third-order valence-electron chi connectivity index (χ3n) is 3.26. The number of aromatic nitrogens is 2. The molecular weight excluding hydrogens is 272 g/mol. The summed E-state index contributed by atoms with van der Waals surface area (Å²) < 4.78 is 1.75. The molecule has 112 valence electrons. The van der Waals surface area contributed by atoms with E-state index in [0.717, 1.165) is 11.3 Å². The van der Waals surface area contributed by atoms with Crippen molar-refractivity contribution in [2.75, 3.05) is 6.54 Å². The Morgan fingerprint density at radius 3 is 2.62 bits per heavy atom. The fourth-order valence-corrected chi connectivity index (χ4v) is 2.10. The van der Waals surface area contributed by atoms with Gasteiger partial charge in [0.25, 0.3) is 5.69 Å². The molecule has 0 bridgehead atoms. The predicted molar refractivity (Wildman–Crippen MR) is 77.7 cm³/mol. The van der Waals surface area contributed by atoms with Gasteiger partial charge in [0.2, 0.25) is 0 Å². The molecule has 7 nitrogen and oxygen atoms in total. The zero-order chi connectivity index (χ0) is 15.4. The number of hydrogen-bond acceptors (Lipinski definition) is 5. The molecule has 0 radical (unpaired) electrons. The van der Waals surface area contributed by atoms with Gasteiger partial charge in [-0.15, -0.1) is 0 Å². The number of rotatable bonds is 6. The normalized spacial score (nSPS) is 12.3. The first-order valence-corrected chi connectivity index (χ1v) is 6.59. The van der Waals surface area contributed by atoms with Crippen molar-refractivity contribution >= 4 is 5.69 Å². The van der Waals surface area contributed by atoms with Crippen molar-refractivity contribution in [3.05, 3.63) is 57.4 Å². The molecule has 0 aliphatic carbocycles. The minimum Gasteiger partial charge on any atom is -0.387 e. The average molecular weight is 290 g/mol. The van der Waals surface area contributed by atoms with Crippen molar-refractivity contribution in [1.82, 2.24) is 15.1 Å². The quantitative estimate of drug-likeness (QED) is 0.620. The number of nitrogens with one attached hydrogen (secondary N) is 1. The zero-order valence-electron chi connectivity index (χ0n) is 12.0. The van der Waals surface area contributed by atoms with E-state index in [0.29, 0.717) is 18.7 Å². The number of aliphatic hydroxyl groups excluding tert-OH is 1. The fourth-order valence-electron chi connectivity index (χ4n) is 2.10. The van der Waals surface area contributed by atoms with Crippen LogP contribution in [0.3, 0.4) is 0 Å². The van der Waals surface area contributed by atoms with Crippen LogP contribution >= 0.6 is 0 Å². The van der Waals surface area contributed by atoms with Gasteiger partial charge in [0.05, 0.1) is 16.7 Å². The van der Waals surface area contributed by atoms with E-state index in [9.17, 15) is 15.2 Å². The Kier molecular flexibility index (Phi) is 4.66. The summed E-state index contributed by atoms with van der Waals surface area (Å²) >= 11 is 0. The maximum Gasteiger partial charge on any atom is 0.269 e. The highest BCUT2D eigenvalue weighted by Crippen LogP contribution is 2.17. The summed E-state index contributed by atoms with van der Waals surface area (Å²) in [4.78, 5) is 10.1. The van der Waals surface area contributed by atoms with Gasteiger partial charge in [-0.1, -0.05) is 0 Å². The van der Waals surface area contributed by atoms with E-state index in [4.69, 9.17) is 0 Å². The summed E-state index contributed by atoms with van der Waals surface area (Å²) in [7, 11) is 1.86. The molecule has 0 saturated heterocycles. The highest BCUT2D eigenvalue weighted by atomic mass is 16.6. The van der Waals surface area contributed by atoms with E-state index in [2.05, 4.69) is 10.4 Å². The molecule has 0 aliphatic rings. The molecule has 1 heterocycles. The van der Waals surface area contributed by atoms with Crippen LogP contribution in [0, 0.1) is 17.0 Å². The van der Waals surface area contributed by atoms with Gasteiger partial charge in [-0.2, -0.15) is 5.10 Å². The molecule has 0 saturated carbocycles. The van der Waals surface area contributed by atoms with Crippen LogP contribution in [0.25, 0.3) is 0 Å². The molecule has 2 rings (SSSR count). The molecule has 21 heavy (non-hydrogen) atoms. The number of aryl methyl sites for hydroxylation is 2. The molecule has 1 unspecified atom stereocenters. The maximum atomic E-state index is 10.6. The molecule has 0 spiro atoms. The molecular formula is C14H18N4O3. The highest BCUT2D eigenvalue weighted by molar-refractivity contribution is 5.33. The fraction of sp³-hybridized carbons (Fsp3) is 0.357. The van der Waals surface area contributed by atoms with Crippen molar-refractivity contribution in [2.24, 2.45) is 7.05 Å². The van der Waals surface area contributed by atoms with E-state index in [1.165, 1.54) is 12.1 Å². The second kappa shape index (κ2) is 6.47. The van der Waals surface area contributed by atoms with Gasteiger partial charge in [-0.05, 0) is 24.6 Å². The first-order valence-electron chi connectivity index (χ1n) is 6.59. The Bertz CT molecular complexity index is 622. The lowest BCUT2D eigenvalue weighted by atomic mass is 10.1. The molecule has 2 aromatic rings. The SMILES string of the molecule is Cc1nn(C)cc1CNCC(O)c1ccc([N+](=O)[O-])cc1. The van der Waals surface area contributed by atoms with Gasteiger partial charge in [0, 0.05) is 44.0 Å². The van der Waals surface area contributed by atoms with Crippen LogP contribution in [-0.2, 0) is 13.6 Å². The van der Waals surface area contributed by atoms with Gasteiger partial charge < -0.3 is 10.4 Å². The summed E-state index contributed by atoms with van der Waals surface area (Å²) in [5, 5.41) is 28.0. The lowest BCUT2D eigenvalue weighted by Crippen LogP contribution is -2.21. The summed E-state index contributed by atoms with van der Waals surface area (Å²) in [6.45, 7) is 2.92. The van der Waals surface area contributed by atoms with Crippen LogP contribution in [0.15, 0.2) is 30.5 Å². The van der Waals surface area contributed by atoms with Crippen molar-refractivity contribution in [2.45, 2.75) is 19.6 Å². The summed E-state index contributed by atoms with van der Waals surface area (Å²) in [5.41, 5.74) is 2.70. The number of non-ortho nitro benzene ring substituents is 1. The van der Waals surface area contributed by atoms with Gasteiger partial charge in [-0.25, -0.2) is 0 Å². The molecule has 0 fully saturated rings. The molecule has 0 amide bonds. The van der Waals surface area contributed by atoms with Crippen molar-refractivity contribution in [3.63, 3.8) is 0 Å². The molecule has 2 N–H and O–H groups in total. The number of aliphatic hydroxyl groups is 1. The van der Waals surface area contributed by atoms with Gasteiger partial charge >= 0.3 is 0 Å². The van der Waals surface area contributed by atoms with E-state index >= 15 is 0 Å². The van der Waals surface area contributed by atoms with Gasteiger partial charge in [-0.3, -0.25) is 14.8 Å². The molecule has 7 heteroatoms. The van der Waals surface area contributed by atoms with E-state index in [1.54, 1.807) is 16.8 Å². The number of hydrogen-bond donors (Lipinski definition) is 2. The lowest BCUT2D eigenvalue weighted by Gasteiger charge is -2.11. The Balaban J connectivity index is 1.88. The molecule has 1 atom stereocenters. The topological polar surface area (TPSA) is 93.2 Å². The second-order valence-corrected chi connectivity index (χ2v) is 4.91. The second-order valence-electron chi connectivity index (χ2n) is 4.91. The lowest BCUT2D eigenvalue weighted by molar-refractivity contribution is -0.384. The van der Waals surface area contributed by atoms with E-state index < -0.39 is 11.0 Å². The van der Waals surface area contributed by atoms with Crippen LogP contribution in [0.4, 0.5) is 5.69 Å². The number of nitrogens with zero attached hydrogens (tertiary/aromatic N) is 3. The summed E-state index contributed by atoms with van der Waals surface area (Å²) in [6.07, 6.45) is 1.23. The van der Waals surface area contributed by atoms with Crippen LogP contribution in [0.1, 0.15) is 22.9 Å². The Morgan fingerprint density at radius 1 is 1.43 bits per heavy atom. The summed E-state index contributed by atoms with van der Waals surface area (Å²) in [5.74, 6) is 0. The Labute approximate surface area is 122 Å². The number of benzene rings is 1. The van der Waals surface area contributed by atoms with Crippen LogP contribution in [-0.4, -0.2) is 26.4 Å². The smallest absolute Gasteiger partial charge is 0.269 e. The summed E-state index contributed by atoms with van der Waals surface area (Å²) in [6, 6.07) is 5.92. The molecule has 0 aliphatic heterocycles. The van der Waals surface area contributed by atoms with Crippen molar-refractivity contribution in [1.29, 1.82) is 0 Å². The van der Waals surface area contributed by atoms with E-state index in [-0.39, 0.29) is 5.69 Å². The maximum absolute atomic E-state index is 10.6. The van der Waals surface area contributed by atoms with Crippen molar-refractivity contribution < 1.29 is 10.0 Å². The van der Waals surface area contributed by atoms with Crippen LogP contribution in [0.2, 0.25) is 0 Å². The molecule has 1 aromatic heterocycles. The number of nitro benzene ring substituents is 1. The third-order valence-corrected chi connectivity index (χ3v) is 3.26. The van der Waals surface area contributed by atoms with Crippen molar-refractivity contribution in [3.8, 4) is 0 Å². The number of nitro groups is 1. The predicted octanol–water partition coefficient (Wildman–Crippen LogP) is 1.46. The van der Waals surface area contributed by atoms with E-state index in [1.807, 2.05) is 20.2 Å². The Morgan fingerprint density at radius 2 is 2.10 bits per heavy atom. The monoisotopic (exact) mass is 290 g/mol. The zero-order valence-corrected chi connectivity index (χ0v) is 12.0. The first-order chi connectivity index (χ1) is 9.97. The van der Waals surface area contributed by atoms with Crippen LogP contribution in [0.5, 0.6) is 0 Å². The molecule has 1 aromatic carbocycles. The average Bonchev–Trinajstić information content (AvgIpc) is 2.77. The van der Waals surface area contributed by atoms with Gasteiger partial charge in [0.15, 0.2) is 0 Å². The standard InChI is InChI=1S/C14H18N4O3/c1-10-12(9-17(2)16-10)7-15-8-14(19)11-3-5-13(6-4-11)18(20)21/h3-6,9,14-15,19H,7-8H2,1-2H3. The highest BCUT2D eigenvalue weighted by Gasteiger charge is 2.11. The van der Waals surface area contributed by atoms with Crippen LogP contribution < -0.4 is 5.32 Å². The third kappa shape index (κ3) is 3.87. The minimum absolute atomic E-state index is 0.0184.